The third-order valence-corrected chi connectivity index (χ3v) is 3.85. The molecular formula is C21H22O4. The van der Waals surface area contributed by atoms with Crippen LogP contribution in [0.5, 0.6) is 5.75 Å². The number of aryl methyl sites for hydroxylation is 1. The van der Waals surface area contributed by atoms with Gasteiger partial charge in [-0.25, -0.2) is 4.79 Å². The van der Waals surface area contributed by atoms with Gasteiger partial charge < -0.3 is 9.47 Å². The molecule has 2 aromatic rings. The molecule has 0 fully saturated rings. The van der Waals surface area contributed by atoms with Crippen molar-refractivity contribution in [2.75, 3.05) is 7.11 Å². The minimum atomic E-state index is -0.845. The SMILES string of the molecule is CCc1ccc(C(=O)[C@@H](C)OC(=O)/C=C/c2ccccc2OC)cc1. The fourth-order valence-corrected chi connectivity index (χ4v) is 2.37. The molecule has 130 valence electrons. The Bertz CT molecular complexity index is 760. The van der Waals surface area contributed by atoms with Crippen LogP contribution in [0.2, 0.25) is 0 Å². The molecule has 0 aliphatic rings. The highest BCUT2D eigenvalue weighted by molar-refractivity contribution is 6.01. The highest BCUT2D eigenvalue weighted by atomic mass is 16.5. The Morgan fingerprint density at radius 3 is 2.40 bits per heavy atom. The third kappa shape index (κ3) is 5.05. The molecule has 0 saturated heterocycles. The lowest BCUT2D eigenvalue weighted by atomic mass is 10.0. The molecule has 0 aliphatic carbocycles. The van der Waals surface area contributed by atoms with E-state index in [9.17, 15) is 9.59 Å². The second-order valence-corrected chi connectivity index (χ2v) is 5.57. The first-order chi connectivity index (χ1) is 12.0. The molecule has 2 rings (SSSR count). The maximum atomic E-state index is 12.3. The monoisotopic (exact) mass is 338 g/mol. The smallest absolute Gasteiger partial charge is 0.331 e. The Labute approximate surface area is 148 Å². The fraction of sp³-hybridized carbons (Fsp3) is 0.238. The zero-order valence-corrected chi connectivity index (χ0v) is 14.7. The van der Waals surface area contributed by atoms with E-state index in [1.165, 1.54) is 6.08 Å². The number of methoxy groups -OCH3 is 1. The van der Waals surface area contributed by atoms with Crippen LogP contribution in [0.25, 0.3) is 6.08 Å². The number of rotatable bonds is 7. The van der Waals surface area contributed by atoms with E-state index in [0.29, 0.717) is 11.3 Å². The van der Waals surface area contributed by atoms with Crippen molar-refractivity contribution in [2.24, 2.45) is 0 Å². The maximum Gasteiger partial charge on any atom is 0.331 e. The Hall–Kier alpha value is -2.88. The normalized spacial score (nSPS) is 12.0. The van der Waals surface area contributed by atoms with Crippen molar-refractivity contribution in [2.45, 2.75) is 26.4 Å². The molecule has 1 atom stereocenters. The highest BCUT2D eigenvalue weighted by Gasteiger charge is 2.18. The Morgan fingerprint density at radius 2 is 1.76 bits per heavy atom. The average Bonchev–Trinajstić information content (AvgIpc) is 2.66. The predicted octanol–water partition coefficient (Wildman–Crippen LogP) is 4.09. The zero-order valence-electron chi connectivity index (χ0n) is 14.7. The minimum absolute atomic E-state index is 0.221. The van der Waals surface area contributed by atoms with Gasteiger partial charge in [0.2, 0.25) is 5.78 Å². The van der Waals surface area contributed by atoms with E-state index >= 15 is 0 Å². The predicted molar refractivity (Wildman–Crippen MR) is 97.7 cm³/mol. The van der Waals surface area contributed by atoms with Crippen molar-refractivity contribution in [3.8, 4) is 5.75 Å². The molecule has 4 nitrogen and oxygen atoms in total. The van der Waals surface area contributed by atoms with Gasteiger partial charge in [0, 0.05) is 17.2 Å². The number of ketones is 1. The molecule has 0 heterocycles. The summed E-state index contributed by atoms with van der Waals surface area (Å²) in [4.78, 5) is 24.3. The minimum Gasteiger partial charge on any atom is -0.496 e. The number of carbonyl (C=O) groups excluding carboxylic acids is 2. The fourth-order valence-electron chi connectivity index (χ4n) is 2.37. The van der Waals surface area contributed by atoms with Crippen LogP contribution in [0, 0.1) is 0 Å². The topological polar surface area (TPSA) is 52.6 Å². The third-order valence-electron chi connectivity index (χ3n) is 3.85. The lowest BCUT2D eigenvalue weighted by Gasteiger charge is -2.11. The van der Waals surface area contributed by atoms with E-state index in [-0.39, 0.29) is 5.78 Å². The first-order valence-electron chi connectivity index (χ1n) is 8.20. The summed E-state index contributed by atoms with van der Waals surface area (Å²) in [6.07, 6.45) is 2.96. The summed E-state index contributed by atoms with van der Waals surface area (Å²) in [5.74, 6) is -0.134. The summed E-state index contributed by atoms with van der Waals surface area (Å²) in [5.41, 5.74) is 2.45. The van der Waals surface area contributed by atoms with E-state index in [4.69, 9.17) is 9.47 Å². The van der Waals surface area contributed by atoms with E-state index in [2.05, 4.69) is 6.92 Å². The van der Waals surface area contributed by atoms with Crippen LogP contribution >= 0.6 is 0 Å². The highest BCUT2D eigenvalue weighted by Crippen LogP contribution is 2.18. The van der Waals surface area contributed by atoms with Crippen molar-refractivity contribution < 1.29 is 19.1 Å². The molecule has 0 saturated carbocycles. The average molecular weight is 338 g/mol. The second-order valence-electron chi connectivity index (χ2n) is 5.57. The summed E-state index contributed by atoms with van der Waals surface area (Å²) in [6.45, 7) is 3.63. The van der Waals surface area contributed by atoms with Crippen molar-refractivity contribution in [3.05, 3.63) is 71.3 Å². The number of para-hydroxylation sites is 1. The summed E-state index contributed by atoms with van der Waals surface area (Å²) < 4.78 is 10.4. The Balaban J connectivity index is 1.99. The summed E-state index contributed by atoms with van der Waals surface area (Å²) in [6, 6.07) is 14.7. The van der Waals surface area contributed by atoms with Gasteiger partial charge >= 0.3 is 5.97 Å². The number of Topliss-reactive ketones (excluding diaryl/α,β-unsaturated/α-hetero) is 1. The molecule has 0 radical (unpaired) electrons. The summed E-state index contributed by atoms with van der Waals surface area (Å²) >= 11 is 0. The van der Waals surface area contributed by atoms with Crippen LogP contribution in [0.15, 0.2) is 54.6 Å². The lowest BCUT2D eigenvalue weighted by molar-refractivity contribution is -0.140. The summed E-state index contributed by atoms with van der Waals surface area (Å²) in [7, 11) is 1.57. The Kier molecular flexibility index (Phi) is 6.52. The van der Waals surface area contributed by atoms with Crippen LogP contribution in [-0.4, -0.2) is 25.0 Å². The molecule has 0 unspecified atom stereocenters. The van der Waals surface area contributed by atoms with Gasteiger partial charge in [-0.2, -0.15) is 0 Å². The second kappa shape index (κ2) is 8.83. The molecule has 0 bridgehead atoms. The largest absolute Gasteiger partial charge is 0.496 e. The molecule has 0 N–H and O–H groups in total. The van der Waals surface area contributed by atoms with Crippen LogP contribution in [0.4, 0.5) is 0 Å². The van der Waals surface area contributed by atoms with E-state index in [1.54, 1.807) is 38.3 Å². The number of esters is 1. The number of ether oxygens (including phenoxy) is 2. The first kappa shape index (κ1) is 18.5. The van der Waals surface area contributed by atoms with Crippen LogP contribution in [0.1, 0.15) is 35.3 Å². The molecule has 0 amide bonds. The van der Waals surface area contributed by atoms with Gasteiger partial charge in [0.05, 0.1) is 7.11 Å². The number of benzene rings is 2. The quantitative estimate of drug-likeness (QED) is 0.433. The molecule has 2 aromatic carbocycles. The zero-order chi connectivity index (χ0) is 18.2. The molecule has 25 heavy (non-hydrogen) atoms. The standard InChI is InChI=1S/C21H22O4/c1-4-16-9-11-18(12-10-16)21(23)15(2)25-20(22)14-13-17-7-5-6-8-19(17)24-3/h5-15H,4H2,1-3H3/b14-13+/t15-/m1/s1. The number of hydrogen-bond donors (Lipinski definition) is 0. The van der Waals surface area contributed by atoms with Crippen LogP contribution in [0.3, 0.4) is 0 Å². The Morgan fingerprint density at radius 1 is 1.08 bits per heavy atom. The molecule has 0 aliphatic heterocycles. The molecule has 0 spiro atoms. The molecule has 0 aromatic heterocycles. The van der Waals surface area contributed by atoms with Gasteiger partial charge in [0.15, 0.2) is 6.10 Å². The molecular weight excluding hydrogens is 316 g/mol. The summed E-state index contributed by atoms with van der Waals surface area (Å²) in [5, 5.41) is 0. The van der Waals surface area contributed by atoms with E-state index in [1.807, 2.05) is 30.3 Å². The van der Waals surface area contributed by atoms with Crippen LogP contribution in [-0.2, 0) is 16.0 Å². The van der Waals surface area contributed by atoms with Gasteiger partial charge in [0.25, 0.3) is 0 Å². The van der Waals surface area contributed by atoms with Crippen molar-refractivity contribution in [3.63, 3.8) is 0 Å². The van der Waals surface area contributed by atoms with Crippen molar-refractivity contribution >= 4 is 17.8 Å². The number of hydrogen-bond acceptors (Lipinski definition) is 4. The van der Waals surface area contributed by atoms with Gasteiger partial charge in [-0.15, -0.1) is 0 Å². The van der Waals surface area contributed by atoms with Gasteiger partial charge in [0.1, 0.15) is 5.75 Å². The van der Waals surface area contributed by atoms with E-state index < -0.39 is 12.1 Å². The van der Waals surface area contributed by atoms with Gasteiger partial charge in [-0.05, 0) is 31.1 Å². The van der Waals surface area contributed by atoms with Crippen molar-refractivity contribution in [1.29, 1.82) is 0 Å². The van der Waals surface area contributed by atoms with Gasteiger partial charge in [-0.3, -0.25) is 4.79 Å². The maximum absolute atomic E-state index is 12.3. The van der Waals surface area contributed by atoms with Gasteiger partial charge in [-0.1, -0.05) is 49.4 Å². The lowest BCUT2D eigenvalue weighted by Crippen LogP contribution is -2.23. The molecule has 4 heteroatoms. The van der Waals surface area contributed by atoms with Crippen LogP contribution < -0.4 is 4.74 Å². The van der Waals surface area contributed by atoms with E-state index in [0.717, 1.165) is 17.5 Å². The first-order valence-corrected chi connectivity index (χ1v) is 8.20. The van der Waals surface area contributed by atoms with Crippen molar-refractivity contribution in [1.82, 2.24) is 0 Å². The number of carbonyl (C=O) groups is 2.